The molecule has 0 aromatic carbocycles. The van der Waals surface area contributed by atoms with E-state index in [1.54, 1.807) is 22.9 Å². The lowest BCUT2D eigenvalue weighted by molar-refractivity contribution is 0.128. The van der Waals surface area contributed by atoms with Gasteiger partial charge in [-0.15, -0.1) is 0 Å². The summed E-state index contributed by atoms with van der Waals surface area (Å²) < 4.78 is 40.4. The van der Waals surface area contributed by atoms with Gasteiger partial charge in [0.2, 0.25) is 10.0 Å². The molecule has 2 aromatic heterocycles. The van der Waals surface area contributed by atoms with Crippen molar-refractivity contribution in [2.75, 3.05) is 30.8 Å². The first-order valence-corrected chi connectivity index (χ1v) is 10.1. The van der Waals surface area contributed by atoms with E-state index in [0.717, 1.165) is 11.4 Å². The van der Waals surface area contributed by atoms with Crippen molar-refractivity contribution < 1.29 is 12.8 Å². The topological polar surface area (TPSA) is 82.2 Å². The normalized spacial score (nSPS) is 20.6. The number of pyridine rings is 1. The minimum atomic E-state index is -3.37. The average molecular weight is 365 g/mol. The largest absolute Gasteiger partial charge is 0.354 e. The number of sulfonamides is 1. The molecule has 1 fully saturated rings. The van der Waals surface area contributed by atoms with E-state index in [9.17, 15) is 12.8 Å². The van der Waals surface area contributed by atoms with Gasteiger partial charge in [-0.1, -0.05) is 0 Å². The third-order valence-electron chi connectivity index (χ3n) is 5.23. The smallest absolute Gasteiger partial charge is 0.212 e. The molecule has 2 aliphatic rings. The molecule has 2 aliphatic heterocycles. The van der Waals surface area contributed by atoms with Gasteiger partial charge >= 0.3 is 0 Å². The van der Waals surface area contributed by atoms with Crippen molar-refractivity contribution in [3.05, 3.63) is 41.9 Å². The zero-order valence-corrected chi connectivity index (χ0v) is 14.8. The second-order valence-electron chi connectivity index (χ2n) is 6.64. The minimum absolute atomic E-state index is 0.321. The Morgan fingerprint density at radius 1 is 1.24 bits per heavy atom. The SMILES string of the molecule is CS(=O)(=O)N1CCc2[nH]cnc2C12CCN(c1ncccc1F)CC2. The number of nitrogens with one attached hydrogen (secondary N) is 1. The predicted molar refractivity (Wildman–Crippen MR) is 91.2 cm³/mol. The Bertz CT molecular complexity index is 889. The van der Waals surface area contributed by atoms with Crippen molar-refractivity contribution in [3.8, 4) is 0 Å². The highest BCUT2D eigenvalue weighted by Crippen LogP contribution is 2.44. The van der Waals surface area contributed by atoms with Crippen LogP contribution in [0.15, 0.2) is 24.7 Å². The fourth-order valence-corrected chi connectivity index (χ4v) is 5.45. The Balaban J connectivity index is 1.69. The molecule has 9 heteroatoms. The lowest BCUT2D eigenvalue weighted by atomic mass is 9.80. The first-order chi connectivity index (χ1) is 11.9. The van der Waals surface area contributed by atoms with Gasteiger partial charge in [-0.05, 0) is 25.0 Å². The fourth-order valence-electron chi connectivity index (χ4n) is 4.13. The number of anilines is 1. The van der Waals surface area contributed by atoms with Crippen LogP contribution in [0.4, 0.5) is 10.2 Å². The van der Waals surface area contributed by atoms with Crippen LogP contribution in [0.2, 0.25) is 0 Å². The summed E-state index contributed by atoms with van der Waals surface area (Å²) in [4.78, 5) is 13.6. The maximum Gasteiger partial charge on any atom is 0.212 e. The van der Waals surface area contributed by atoms with E-state index < -0.39 is 15.6 Å². The van der Waals surface area contributed by atoms with Gasteiger partial charge in [0.1, 0.15) is 0 Å². The highest BCUT2D eigenvalue weighted by molar-refractivity contribution is 7.88. The van der Waals surface area contributed by atoms with Crippen LogP contribution in [0.3, 0.4) is 0 Å². The number of aromatic amines is 1. The molecular formula is C16H20FN5O2S. The van der Waals surface area contributed by atoms with E-state index in [1.807, 2.05) is 4.90 Å². The molecule has 0 amide bonds. The summed E-state index contributed by atoms with van der Waals surface area (Å²) in [6.07, 6.45) is 6.17. The van der Waals surface area contributed by atoms with Gasteiger partial charge in [-0.25, -0.2) is 22.8 Å². The number of piperidine rings is 1. The standard InChI is InChI=1S/C16H20FN5O2S/c1-25(23,24)22-8-4-13-14(20-11-19-13)16(22)5-9-21(10-6-16)15-12(17)3-2-7-18-15/h2-3,7,11H,4-6,8-10H2,1H3,(H,19,20). The first-order valence-electron chi connectivity index (χ1n) is 8.28. The summed E-state index contributed by atoms with van der Waals surface area (Å²) in [6, 6.07) is 2.95. The van der Waals surface area contributed by atoms with Crippen LogP contribution in [0.5, 0.6) is 0 Å². The molecule has 0 unspecified atom stereocenters. The zero-order chi connectivity index (χ0) is 17.7. The van der Waals surface area contributed by atoms with Gasteiger partial charge in [0.25, 0.3) is 0 Å². The van der Waals surface area contributed by atoms with Crippen LogP contribution in [0.1, 0.15) is 24.2 Å². The Morgan fingerprint density at radius 3 is 2.68 bits per heavy atom. The number of halogens is 1. The number of imidazole rings is 1. The molecular weight excluding hydrogens is 345 g/mol. The van der Waals surface area contributed by atoms with Crippen molar-refractivity contribution in [1.29, 1.82) is 0 Å². The van der Waals surface area contributed by atoms with Crippen molar-refractivity contribution >= 4 is 15.8 Å². The Labute approximate surface area is 145 Å². The van der Waals surface area contributed by atoms with Gasteiger partial charge in [0, 0.05) is 37.9 Å². The third-order valence-corrected chi connectivity index (χ3v) is 6.56. The Morgan fingerprint density at radius 2 is 2.00 bits per heavy atom. The van der Waals surface area contributed by atoms with E-state index in [0.29, 0.717) is 44.7 Å². The number of H-pyrrole nitrogens is 1. The fraction of sp³-hybridized carbons (Fsp3) is 0.500. The van der Waals surface area contributed by atoms with Gasteiger partial charge in [0.15, 0.2) is 11.6 Å². The summed E-state index contributed by atoms with van der Waals surface area (Å²) in [6.45, 7) is 1.48. The molecule has 0 atom stereocenters. The molecule has 0 bridgehead atoms. The molecule has 7 nitrogen and oxygen atoms in total. The monoisotopic (exact) mass is 365 g/mol. The summed E-state index contributed by atoms with van der Waals surface area (Å²) >= 11 is 0. The molecule has 1 saturated heterocycles. The number of hydrogen-bond acceptors (Lipinski definition) is 5. The number of aromatic nitrogens is 3. The number of nitrogens with zero attached hydrogens (tertiary/aromatic N) is 4. The second kappa shape index (κ2) is 5.77. The molecule has 25 heavy (non-hydrogen) atoms. The highest BCUT2D eigenvalue weighted by atomic mass is 32.2. The van der Waals surface area contributed by atoms with Gasteiger partial charge in [-0.3, -0.25) is 0 Å². The van der Waals surface area contributed by atoms with E-state index in [-0.39, 0.29) is 5.82 Å². The first kappa shape index (κ1) is 16.5. The van der Waals surface area contributed by atoms with Crippen molar-refractivity contribution in [1.82, 2.24) is 19.3 Å². The zero-order valence-electron chi connectivity index (χ0n) is 13.9. The molecule has 1 spiro atoms. The van der Waals surface area contributed by atoms with Crippen molar-refractivity contribution in [2.45, 2.75) is 24.8 Å². The Hall–Kier alpha value is -2.00. The molecule has 4 rings (SSSR count). The third kappa shape index (κ3) is 2.62. The van der Waals surface area contributed by atoms with E-state index in [1.165, 1.54) is 12.3 Å². The van der Waals surface area contributed by atoms with Gasteiger partial charge in [-0.2, -0.15) is 4.31 Å². The minimum Gasteiger partial charge on any atom is -0.354 e. The molecule has 0 saturated carbocycles. The predicted octanol–water partition coefficient (Wildman–Crippen LogP) is 1.26. The van der Waals surface area contributed by atoms with Crippen LogP contribution < -0.4 is 4.90 Å². The lowest BCUT2D eigenvalue weighted by Crippen LogP contribution is -2.58. The summed E-state index contributed by atoms with van der Waals surface area (Å²) in [5.74, 6) is -0.0381. The van der Waals surface area contributed by atoms with Crippen molar-refractivity contribution in [3.63, 3.8) is 0 Å². The average Bonchev–Trinajstić information content (AvgIpc) is 3.05. The summed E-state index contributed by atoms with van der Waals surface area (Å²) in [5, 5.41) is 0. The van der Waals surface area contributed by atoms with Crippen LogP contribution in [-0.4, -0.2) is 53.6 Å². The molecule has 0 aliphatic carbocycles. The van der Waals surface area contributed by atoms with Gasteiger partial charge < -0.3 is 9.88 Å². The summed E-state index contributed by atoms with van der Waals surface area (Å²) in [7, 11) is -3.37. The number of hydrogen-bond donors (Lipinski definition) is 1. The van der Waals surface area contributed by atoms with Crippen molar-refractivity contribution in [2.24, 2.45) is 0 Å². The van der Waals surface area contributed by atoms with Crippen LogP contribution >= 0.6 is 0 Å². The molecule has 2 aromatic rings. The molecule has 0 radical (unpaired) electrons. The maximum atomic E-state index is 14.0. The van der Waals surface area contributed by atoms with Crippen LogP contribution in [-0.2, 0) is 22.0 Å². The molecule has 4 heterocycles. The summed E-state index contributed by atoms with van der Waals surface area (Å²) in [5.41, 5.74) is 1.14. The maximum absolute atomic E-state index is 14.0. The second-order valence-corrected chi connectivity index (χ2v) is 8.55. The highest BCUT2D eigenvalue weighted by Gasteiger charge is 2.50. The number of rotatable bonds is 2. The molecule has 1 N–H and O–H groups in total. The quantitative estimate of drug-likeness (QED) is 0.866. The number of fused-ring (bicyclic) bond motifs is 2. The Kier molecular flexibility index (Phi) is 3.80. The van der Waals surface area contributed by atoms with E-state index in [4.69, 9.17) is 0 Å². The van der Waals surface area contributed by atoms with E-state index >= 15 is 0 Å². The van der Waals surface area contributed by atoms with Crippen LogP contribution in [0, 0.1) is 5.82 Å². The molecule has 134 valence electrons. The van der Waals surface area contributed by atoms with E-state index in [2.05, 4.69) is 15.0 Å². The van der Waals surface area contributed by atoms with Crippen LogP contribution in [0.25, 0.3) is 0 Å². The lowest BCUT2D eigenvalue weighted by Gasteiger charge is -2.49. The van der Waals surface area contributed by atoms with Gasteiger partial charge in [0.05, 0.1) is 23.8 Å².